The summed E-state index contributed by atoms with van der Waals surface area (Å²) < 4.78 is 10.9. The summed E-state index contributed by atoms with van der Waals surface area (Å²) >= 11 is 0. The molecule has 2 aliphatic rings. The fraction of sp³-hybridized carbons (Fsp3) is 0.474. The van der Waals surface area contributed by atoms with Crippen LogP contribution in [0.4, 0.5) is 0 Å². The molecule has 128 valence electrons. The van der Waals surface area contributed by atoms with Crippen molar-refractivity contribution in [1.29, 1.82) is 0 Å². The van der Waals surface area contributed by atoms with Crippen LogP contribution in [0.25, 0.3) is 6.08 Å². The van der Waals surface area contributed by atoms with Gasteiger partial charge in [0.25, 0.3) is 5.91 Å². The van der Waals surface area contributed by atoms with E-state index in [1.54, 1.807) is 13.0 Å². The number of hydrogen-bond donors (Lipinski definition) is 1. The third-order valence-corrected chi connectivity index (χ3v) is 4.50. The Kier molecular flexibility index (Phi) is 5.18. The number of nitrogens with one attached hydrogen (secondary N) is 1. The third kappa shape index (κ3) is 3.96. The van der Waals surface area contributed by atoms with Crippen LogP contribution in [0.3, 0.4) is 0 Å². The van der Waals surface area contributed by atoms with Crippen molar-refractivity contribution in [1.82, 2.24) is 5.32 Å². The molecule has 1 amide bonds. The molecule has 3 rings (SSSR count). The van der Waals surface area contributed by atoms with Crippen molar-refractivity contribution in [3.63, 3.8) is 0 Å². The molecule has 5 heteroatoms. The van der Waals surface area contributed by atoms with Gasteiger partial charge in [-0.05, 0) is 31.9 Å². The Morgan fingerprint density at radius 1 is 1.21 bits per heavy atom. The number of rotatable bonds is 4. The van der Waals surface area contributed by atoms with Gasteiger partial charge in [-0.15, -0.1) is 0 Å². The molecule has 1 fully saturated rings. The minimum Gasteiger partial charge on any atom is -0.488 e. The summed E-state index contributed by atoms with van der Waals surface area (Å²) in [5.74, 6) is 0.0147. The van der Waals surface area contributed by atoms with Gasteiger partial charge in [-0.3, -0.25) is 4.79 Å². The number of carbonyl (C=O) groups excluding carboxylic acids is 2. The van der Waals surface area contributed by atoms with Crippen LogP contribution in [0.15, 0.2) is 29.8 Å². The molecule has 0 radical (unpaired) electrons. The van der Waals surface area contributed by atoms with Gasteiger partial charge in [0.1, 0.15) is 12.4 Å². The predicted molar refractivity (Wildman–Crippen MR) is 90.5 cm³/mol. The molecule has 24 heavy (non-hydrogen) atoms. The van der Waals surface area contributed by atoms with Gasteiger partial charge in [-0.1, -0.05) is 37.5 Å². The van der Waals surface area contributed by atoms with Crippen LogP contribution >= 0.6 is 0 Å². The van der Waals surface area contributed by atoms with E-state index < -0.39 is 12.1 Å². The zero-order chi connectivity index (χ0) is 16.9. The van der Waals surface area contributed by atoms with E-state index in [0.29, 0.717) is 5.57 Å². The number of fused-ring (bicyclic) bond motifs is 1. The lowest BCUT2D eigenvalue weighted by molar-refractivity contribution is -0.151. The van der Waals surface area contributed by atoms with E-state index in [1.165, 1.54) is 6.42 Å². The Balaban J connectivity index is 1.56. The first kappa shape index (κ1) is 16.6. The number of para-hydroxylation sites is 1. The van der Waals surface area contributed by atoms with Crippen LogP contribution in [-0.4, -0.2) is 30.6 Å². The number of benzene rings is 1. The standard InChI is InChI=1S/C19H23NO4/c1-13(18(21)20-16-8-3-2-4-9-16)24-19(22)15-11-14-7-5-6-10-17(14)23-12-15/h5-7,10-11,13,16H,2-4,8-9,12H2,1H3,(H,20,21)/t13-/m1/s1. The Bertz CT molecular complexity index is 647. The van der Waals surface area contributed by atoms with Crippen LogP contribution in [0, 0.1) is 0 Å². The lowest BCUT2D eigenvalue weighted by atomic mass is 9.95. The minimum absolute atomic E-state index is 0.160. The highest BCUT2D eigenvalue weighted by Gasteiger charge is 2.25. The van der Waals surface area contributed by atoms with Gasteiger partial charge in [0.2, 0.25) is 0 Å². The van der Waals surface area contributed by atoms with E-state index in [0.717, 1.165) is 37.0 Å². The molecule has 1 heterocycles. The molecular weight excluding hydrogens is 306 g/mol. The number of amides is 1. The van der Waals surface area contributed by atoms with E-state index >= 15 is 0 Å². The Morgan fingerprint density at radius 2 is 1.96 bits per heavy atom. The molecule has 5 nitrogen and oxygen atoms in total. The quantitative estimate of drug-likeness (QED) is 0.863. The molecule has 0 bridgehead atoms. The van der Waals surface area contributed by atoms with E-state index in [4.69, 9.17) is 9.47 Å². The molecule has 0 saturated heterocycles. The summed E-state index contributed by atoms with van der Waals surface area (Å²) in [4.78, 5) is 24.5. The smallest absolute Gasteiger partial charge is 0.338 e. The second kappa shape index (κ2) is 7.51. The first-order valence-corrected chi connectivity index (χ1v) is 8.57. The van der Waals surface area contributed by atoms with Gasteiger partial charge in [0.15, 0.2) is 6.10 Å². The molecular formula is C19H23NO4. The van der Waals surface area contributed by atoms with Gasteiger partial charge in [0, 0.05) is 11.6 Å². The Hall–Kier alpha value is -2.30. The van der Waals surface area contributed by atoms with Gasteiger partial charge in [-0.25, -0.2) is 4.79 Å². The predicted octanol–water partition coefficient (Wildman–Crippen LogP) is 2.84. The molecule has 0 unspecified atom stereocenters. The SMILES string of the molecule is C[C@@H](OC(=O)C1=Cc2ccccc2OC1)C(=O)NC1CCCCC1. The van der Waals surface area contributed by atoms with Gasteiger partial charge >= 0.3 is 5.97 Å². The van der Waals surface area contributed by atoms with Crippen LogP contribution in [0.5, 0.6) is 5.75 Å². The summed E-state index contributed by atoms with van der Waals surface area (Å²) in [5, 5.41) is 2.98. The van der Waals surface area contributed by atoms with E-state index in [2.05, 4.69) is 5.32 Å². The summed E-state index contributed by atoms with van der Waals surface area (Å²) in [6.45, 7) is 1.76. The third-order valence-electron chi connectivity index (χ3n) is 4.50. The summed E-state index contributed by atoms with van der Waals surface area (Å²) in [5.41, 5.74) is 1.26. The maximum Gasteiger partial charge on any atom is 0.338 e. The fourth-order valence-corrected chi connectivity index (χ4v) is 3.09. The molecule has 1 saturated carbocycles. The second-order valence-electron chi connectivity index (χ2n) is 6.39. The van der Waals surface area contributed by atoms with Gasteiger partial charge in [-0.2, -0.15) is 0 Å². The highest BCUT2D eigenvalue weighted by Crippen LogP contribution is 2.26. The van der Waals surface area contributed by atoms with Gasteiger partial charge in [0.05, 0.1) is 5.57 Å². The van der Waals surface area contributed by atoms with Crippen molar-refractivity contribution < 1.29 is 19.1 Å². The summed E-state index contributed by atoms with van der Waals surface area (Å²) in [7, 11) is 0. The number of carbonyl (C=O) groups is 2. The second-order valence-corrected chi connectivity index (χ2v) is 6.39. The van der Waals surface area contributed by atoms with Crippen molar-refractivity contribution in [3.8, 4) is 5.75 Å². The monoisotopic (exact) mass is 329 g/mol. The molecule has 1 aromatic rings. The Morgan fingerprint density at radius 3 is 2.75 bits per heavy atom. The fourth-order valence-electron chi connectivity index (χ4n) is 3.09. The van der Waals surface area contributed by atoms with Crippen LogP contribution in [0.1, 0.15) is 44.6 Å². The highest BCUT2D eigenvalue weighted by molar-refractivity contribution is 5.96. The molecule has 1 atom stereocenters. The molecule has 1 aliphatic carbocycles. The average molecular weight is 329 g/mol. The summed E-state index contributed by atoms with van der Waals surface area (Å²) in [6.07, 6.45) is 6.47. The first-order chi connectivity index (χ1) is 11.6. The topological polar surface area (TPSA) is 64.6 Å². The van der Waals surface area contributed by atoms with Crippen molar-refractivity contribution in [2.75, 3.05) is 6.61 Å². The van der Waals surface area contributed by atoms with Crippen molar-refractivity contribution in [2.24, 2.45) is 0 Å². The van der Waals surface area contributed by atoms with Crippen LogP contribution in [-0.2, 0) is 14.3 Å². The Labute approximate surface area is 142 Å². The van der Waals surface area contributed by atoms with Crippen molar-refractivity contribution in [2.45, 2.75) is 51.2 Å². The maximum atomic E-state index is 12.3. The number of esters is 1. The summed E-state index contributed by atoms with van der Waals surface area (Å²) in [6, 6.07) is 7.70. The molecule has 0 aromatic heterocycles. The number of hydrogen-bond acceptors (Lipinski definition) is 4. The molecule has 1 N–H and O–H groups in total. The van der Waals surface area contributed by atoms with E-state index in [1.807, 2.05) is 24.3 Å². The maximum absolute atomic E-state index is 12.3. The molecule has 1 aromatic carbocycles. The van der Waals surface area contributed by atoms with E-state index in [9.17, 15) is 9.59 Å². The number of ether oxygens (including phenoxy) is 2. The minimum atomic E-state index is -0.808. The lowest BCUT2D eigenvalue weighted by Gasteiger charge is -2.24. The molecule has 0 spiro atoms. The van der Waals surface area contributed by atoms with E-state index in [-0.39, 0.29) is 18.6 Å². The molecule has 1 aliphatic heterocycles. The largest absolute Gasteiger partial charge is 0.488 e. The van der Waals surface area contributed by atoms with Crippen molar-refractivity contribution in [3.05, 3.63) is 35.4 Å². The average Bonchev–Trinajstić information content (AvgIpc) is 2.62. The van der Waals surface area contributed by atoms with Crippen LogP contribution < -0.4 is 10.1 Å². The zero-order valence-corrected chi connectivity index (χ0v) is 13.9. The first-order valence-electron chi connectivity index (χ1n) is 8.57. The van der Waals surface area contributed by atoms with Crippen molar-refractivity contribution >= 4 is 18.0 Å². The highest BCUT2D eigenvalue weighted by atomic mass is 16.6. The normalized spacial score (nSPS) is 18.6. The zero-order valence-electron chi connectivity index (χ0n) is 13.9. The van der Waals surface area contributed by atoms with Gasteiger partial charge < -0.3 is 14.8 Å². The lowest BCUT2D eigenvalue weighted by Crippen LogP contribution is -2.43. The van der Waals surface area contributed by atoms with Crippen LogP contribution in [0.2, 0.25) is 0 Å².